The van der Waals surface area contributed by atoms with Gasteiger partial charge in [-0.1, -0.05) is 88.4 Å². The van der Waals surface area contributed by atoms with E-state index >= 15 is 0 Å². The van der Waals surface area contributed by atoms with E-state index in [2.05, 4.69) is 21.3 Å². The molecule has 12 nitrogen and oxygen atoms in total. The molecule has 290 valence electrons. The molecule has 4 rings (SSSR count). The van der Waals surface area contributed by atoms with Crippen molar-refractivity contribution in [3.05, 3.63) is 71.8 Å². The van der Waals surface area contributed by atoms with Crippen molar-refractivity contribution in [3.63, 3.8) is 0 Å². The second-order valence-electron chi connectivity index (χ2n) is 15.4. The van der Waals surface area contributed by atoms with Crippen LogP contribution in [0.5, 0.6) is 0 Å². The molecule has 0 aliphatic carbocycles. The lowest BCUT2D eigenvalue weighted by Crippen LogP contribution is -2.59. The summed E-state index contributed by atoms with van der Waals surface area (Å²) in [6.07, 6.45) is 2.64. The minimum Gasteiger partial charge on any atom is -0.379 e. The van der Waals surface area contributed by atoms with Crippen molar-refractivity contribution in [1.82, 2.24) is 26.2 Å². The number of carbonyl (C=O) groups excluding carboxylic acids is 5. The monoisotopic (exact) mass is 733 g/mol. The van der Waals surface area contributed by atoms with Gasteiger partial charge in [-0.25, -0.2) is 0 Å². The Kier molecular flexibility index (Phi) is 16.0. The number of rotatable bonds is 21. The number of Topliss-reactive ketones (excluding diaryl/α,β-unsaturated/α-hetero) is 1. The molecule has 2 fully saturated rings. The van der Waals surface area contributed by atoms with Crippen molar-refractivity contribution >= 4 is 29.4 Å². The topological polar surface area (TPSA) is 158 Å². The summed E-state index contributed by atoms with van der Waals surface area (Å²) in [4.78, 5) is 70.6. The average Bonchev–Trinajstić information content (AvgIpc) is 3.88. The van der Waals surface area contributed by atoms with Crippen LogP contribution in [0.2, 0.25) is 0 Å². The molecule has 0 bridgehead atoms. The zero-order valence-electron chi connectivity index (χ0n) is 32.0. The van der Waals surface area contributed by atoms with Crippen molar-refractivity contribution in [3.8, 4) is 0 Å². The molecule has 5 atom stereocenters. The predicted molar refractivity (Wildman–Crippen MR) is 203 cm³/mol. The molecule has 2 aliphatic heterocycles. The number of amides is 4. The van der Waals surface area contributed by atoms with Crippen LogP contribution in [-0.4, -0.2) is 104 Å². The van der Waals surface area contributed by atoms with Crippen molar-refractivity contribution in [2.24, 2.45) is 11.8 Å². The SMILES string of the molecule is CC(C)C[C@H](NC(=O)[C@H](Cc1ccccc1)NC(=O)[C@@H](CC(C)C)NC(=O)[C@@H](CCCc1ccccc1)NC(=O)CN1CCOCC1)C(=O)[C@]1(C)CO1. The minimum absolute atomic E-state index is 0.0206. The van der Waals surface area contributed by atoms with E-state index in [0.29, 0.717) is 58.6 Å². The second kappa shape index (κ2) is 20.4. The Morgan fingerprint density at radius 2 is 1.21 bits per heavy atom. The van der Waals surface area contributed by atoms with E-state index < -0.39 is 47.5 Å². The summed E-state index contributed by atoms with van der Waals surface area (Å²) >= 11 is 0. The average molecular weight is 734 g/mol. The highest BCUT2D eigenvalue weighted by Crippen LogP contribution is 2.29. The third kappa shape index (κ3) is 14.0. The lowest BCUT2D eigenvalue weighted by atomic mass is 9.93. The zero-order valence-corrected chi connectivity index (χ0v) is 32.0. The second-order valence-corrected chi connectivity index (χ2v) is 15.4. The maximum Gasteiger partial charge on any atom is 0.243 e. The van der Waals surface area contributed by atoms with Crippen molar-refractivity contribution < 1.29 is 33.4 Å². The number of nitrogens with one attached hydrogen (secondary N) is 4. The summed E-state index contributed by atoms with van der Waals surface area (Å²) < 4.78 is 10.8. The quantitative estimate of drug-likeness (QED) is 0.143. The highest BCUT2D eigenvalue weighted by atomic mass is 16.6. The van der Waals surface area contributed by atoms with Crippen LogP contribution in [0.4, 0.5) is 0 Å². The first-order chi connectivity index (χ1) is 25.3. The van der Waals surface area contributed by atoms with Crippen LogP contribution in [0.25, 0.3) is 0 Å². The first-order valence-electron chi connectivity index (χ1n) is 19.1. The fraction of sp³-hybridized carbons (Fsp3) is 0.585. The maximum atomic E-state index is 14.1. The van der Waals surface area contributed by atoms with E-state index in [4.69, 9.17) is 9.47 Å². The minimum atomic E-state index is -1.03. The molecule has 2 saturated heterocycles. The van der Waals surface area contributed by atoms with Gasteiger partial charge in [0.15, 0.2) is 5.78 Å². The van der Waals surface area contributed by atoms with Gasteiger partial charge in [0.05, 0.1) is 32.4 Å². The van der Waals surface area contributed by atoms with Crippen LogP contribution in [0.15, 0.2) is 60.7 Å². The Balaban J connectivity index is 1.50. The van der Waals surface area contributed by atoms with Gasteiger partial charge < -0.3 is 30.7 Å². The fourth-order valence-electron chi connectivity index (χ4n) is 6.53. The highest BCUT2D eigenvalue weighted by molar-refractivity contribution is 5.98. The van der Waals surface area contributed by atoms with Crippen LogP contribution in [-0.2, 0) is 46.3 Å². The highest BCUT2D eigenvalue weighted by Gasteiger charge is 2.50. The molecular formula is C41H59N5O7. The van der Waals surface area contributed by atoms with Crippen molar-refractivity contribution in [2.45, 2.75) is 103 Å². The first-order valence-corrected chi connectivity index (χ1v) is 19.1. The molecule has 2 heterocycles. The molecule has 2 aromatic rings. The number of ketones is 1. The summed E-state index contributed by atoms with van der Waals surface area (Å²) in [5.41, 5.74) is 1.03. The van der Waals surface area contributed by atoms with Gasteiger partial charge in [-0.05, 0) is 62.0 Å². The Morgan fingerprint density at radius 1 is 0.698 bits per heavy atom. The number of ether oxygens (including phenoxy) is 2. The molecule has 0 radical (unpaired) electrons. The van der Waals surface area contributed by atoms with Crippen LogP contribution in [0.3, 0.4) is 0 Å². The largest absolute Gasteiger partial charge is 0.379 e. The Labute approximate surface area is 314 Å². The van der Waals surface area contributed by atoms with Gasteiger partial charge in [0, 0.05) is 19.5 Å². The molecule has 4 amide bonds. The Hall–Kier alpha value is -4.13. The van der Waals surface area contributed by atoms with Crippen LogP contribution < -0.4 is 21.3 Å². The normalized spacial score (nSPS) is 19.5. The maximum absolute atomic E-state index is 14.1. The first kappa shape index (κ1) is 41.6. The number of hydrogen-bond donors (Lipinski definition) is 4. The van der Waals surface area contributed by atoms with E-state index in [0.717, 1.165) is 17.5 Å². The Bertz CT molecular complexity index is 1490. The molecule has 4 N–H and O–H groups in total. The summed E-state index contributed by atoms with van der Waals surface area (Å²) in [5.74, 6) is -1.79. The number of benzene rings is 2. The van der Waals surface area contributed by atoms with E-state index in [1.807, 2.05) is 93.3 Å². The van der Waals surface area contributed by atoms with Crippen LogP contribution in [0.1, 0.15) is 71.4 Å². The molecule has 2 aliphatic rings. The summed E-state index contributed by atoms with van der Waals surface area (Å²) in [6, 6.07) is 15.6. The van der Waals surface area contributed by atoms with Gasteiger partial charge in [-0.2, -0.15) is 0 Å². The number of carbonyl (C=O) groups is 5. The molecule has 2 aromatic carbocycles. The molecule has 0 spiro atoms. The standard InChI is InChI=1S/C41H59N5O7/c1-28(2)23-33(37(48)41(5)27-53-41)43-40(51)35(25-31-15-10-7-11-16-31)45-39(50)34(24-29(3)4)44-38(49)32(18-12-17-30-13-8-6-9-14-30)42-36(47)26-46-19-21-52-22-20-46/h6-11,13-16,28-29,32-35H,12,17-27H2,1-5H3,(H,42,47)(H,43,51)(H,44,49)(H,45,50)/t32-,33+,34-,35+,41+/m1/s1. The molecular weight excluding hydrogens is 674 g/mol. The van der Waals surface area contributed by atoms with Crippen LogP contribution in [0, 0.1) is 11.8 Å². The van der Waals surface area contributed by atoms with E-state index in [9.17, 15) is 24.0 Å². The third-order valence-corrected chi connectivity index (χ3v) is 9.62. The number of morpholine rings is 1. The number of aryl methyl sites for hydroxylation is 1. The number of hydrogen-bond acceptors (Lipinski definition) is 8. The van der Waals surface area contributed by atoms with E-state index in [1.165, 1.54) is 0 Å². The van der Waals surface area contributed by atoms with Gasteiger partial charge in [0.2, 0.25) is 23.6 Å². The van der Waals surface area contributed by atoms with Gasteiger partial charge >= 0.3 is 0 Å². The van der Waals surface area contributed by atoms with Gasteiger partial charge in [0.1, 0.15) is 23.7 Å². The summed E-state index contributed by atoms with van der Waals surface area (Å²) in [7, 11) is 0. The predicted octanol–water partition coefficient (Wildman–Crippen LogP) is 2.97. The third-order valence-electron chi connectivity index (χ3n) is 9.62. The van der Waals surface area contributed by atoms with E-state index in [-0.39, 0.29) is 36.5 Å². The summed E-state index contributed by atoms with van der Waals surface area (Å²) in [6.45, 7) is 12.4. The Morgan fingerprint density at radius 3 is 1.79 bits per heavy atom. The van der Waals surface area contributed by atoms with Crippen molar-refractivity contribution in [2.75, 3.05) is 39.5 Å². The van der Waals surface area contributed by atoms with Gasteiger partial charge in [-0.15, -0.1) is 0 Å². The van der Waals surface area contributed by atoms with Crippen LogP contribution >= 0.6 is 0 Å². The fourth-order valence-corrected chi connectivity index (χ4v) is 6.53. The van der Waals surface area contributed by atoms with E-state index in [1.54, 1.807) is 6.92 Å². The lowest BCUT2D eigenvalue weighted by molar-refractivity contribution is -0.135. The van der Waals surface area contributed by atoms with Crippen molar-refractivity contribution in [1.29, 1.82) is 0 Å². The molecule has 0 unspecified atom stereocenters. The number of epoxide rings is 1. The van der Waals surface area contributed by atoms with Gasteiger partial charge in [-0.3, -0.25) is 28.9 Å². The smallest absolute Gasteiger partial charge is 0.243 e. The summed E-state index contributed by atoms with van der Waals surface area (Å²) in [5, 5.41) is 11.7. The van der Waals surface area contributed by atoms with Gasteiger partial charge in [0.25, 0.3) is 0 Å². The lowest BCUT2D eigenvalue weighted by Gasteiger charge is -2.29. The zero-order chi connectivity index (χ0) is 38.4. The molecule has 0 aromatic heterocycles. The molecule has 0 saturated carbocycles. The molecule has 12 heteroatoms. The number of nitrogens with zero attached hydrogens (tertiary/aromatic N) is 1. The molecule has 53 heavy (non-hydrogen) atoms.